The van der Waals surface area contributed by atoms with Crippen LogP contribution in [0.25, 0.3) is 50.3 Å². The molecule has 6 aromatic heterocycles. The first-order valence-electron chi connectivity index (χ1n) is 9.08. The van der Waals surface area contributed by atoms with Crippen LogP contribution in [0.5, 0.6) is 0 Å². The van der Waals surface area contributed by atoms with Crippen LogP contribution in [-0.2, 0) is 0 Å². The van der Waals surface area contributed by atoms with Crippen LogP contribution in [0, 0.1) is 6.92 Å². The van der Waals surface area contributed by atoms with Crippen molar-refractivity contribution in [2.75, 3.05) is 0 Å². The molecule has 9 heteroatoms. The van der Waals surface area contributed by atoms with Crippen molar-refractivity contribution in [3.63, 3.8) is 0 Å². The Kier molecular flexibility index (Phi) is 3.19. The summed E-state index contributed by atoms with van der Waals surface area (Å²) >= 11 is 0. The zero-order valence-electron chi connectivity index (χ0n) is 15.4. The molecule has 0 amide bonds. The molecule has 0 saturated carbocycles. The monoisotopic (exact) mass is 381 g/mol. The van der Waals surface area contributed by atoms with Crippen molar-refractivity contribution in [1.29, 1.82) is 0 Å². The molecule has 0 fully saturated rings. The smallest absolute Gasteiger partial charge is 0.181 e. The van der Waals surface area contributed by atoms with E-state index in [1.54, 1.807) is 18.6 Å². The second-order valence-corrected chi connectivity index (χ2v) is 6.88. The fourth-order valence-corrected chi connectivity index (χ4v) is 3.60. The number of aromatic amines is 3. The largest absolute Gasteiger partial charge is 0.338 e. The normalized spacial score (nSPS) is 11.6. The first-order chi connectivity index (χ1) is 14.3. The van der Waals surface area contributed by atoms with Crippen molar-refractivity contribution >= 4 is 22.1 Å². The predicted octanol–water partition coefficient (Wildman–Crippen LogP) is 3.39. The molecule has 0 bridgehead atoms. The summed E-state index contributed by atoms with van der Waals surface area (Å²) in [6, 6.07) is 6.11. The molecule has 0 aliphatic rings. The zero-order chi connectivity index (χ0) is 19.4. The van der Waals surface area contributed by atoms with E-state index in [4.69, 9.17) is 0 Å². The van der Waals surface area contributed by atoms with Gasteiger partial charge in [0.25, 0.3) is 0 Å². The number of aryl methyl sites for hydroxylation is 1. The van der Waals surface area contributed by atoms with E-state index in [1.165, 1.54) is 0 Å². The molecule has 0 aliphatic heterocycles. The number of imidazole rings is 1. The maximum atomic E-state index is 4.49. The number of nitrogens with zero attached hydrogens (tertiary/aromatic N) is 6. The van der Waals surface area contributed by atoms with Gasteiger partial charge in [-0.3, -0.25) is 10.2 Å². The third kappa shape index (κ3) is 2.44. The molecule has 0 unspecified atom stereocenters. The third-order valence-electron chi connectivity index (χ3n) is 5.01. The van der Waals surface area contributed by atoms with Crippen LogP contribution in [0.2, 0.25) is 0 Å². The molecule has 6 aromatic rings. The minimum Gasteiger partial charge on any atom is -0.338 e. The van der Waals surface area contributed by atoms with Crippen molar-refractivity contribution in [1.82, 2.24) is 44.9 Å². The Hall–Kier alpha value is -4.27. The summed E-state index contributed by atoms with van der Waals surface area (Å²) in [5, 5.41) is 16.2. The van der Waals surface area contributed by atoms with Gasteiger partial charge in [0.05, 0.1) is 35.3 Å². The van der Waals surface area contributed by atoms with E-state index in [0.717, 1.165) is 50.3 Å². The van der Waals surface area contributed by atoms with Gasteiger partial charge in [-0.15, -0.1) is 0 Å². The van der Waals surface area contributed by atoms with Crippen LogP contribution < -0.4 is 0 Å². The van der Waals surface area contributed by atoms with Gasteiger partial charge in [-0.25, -0.2) is 15.0 Å². The van der Waals surface area contributed by atoms with Crippen LogP contribution in [0.4, 0.5) is 0 Å². The SMILES string of the molecule is Cc1cn(-c2ccnc3[nH]c(-c4[nH]nc5ncc(-c6cn[nH]c6)cc45)cc23)cn1. The fourth-order valence-electron chi connectivity index (χ4n) is 3.60. The molecular weight excluding hydrogens is 366 g/mol. The van der Waals surface area contributed by atoms with E-state index < -0.39 is 0 Å². The van der Waals surface area contributed by atoms with Crippen molar-refractivity contribution in [2.24, 2.45) is 0 Å². The van der Waals surface area contributed by atoms with Crippen LogP contribution in [0.1, 0.15) is 5.69 Å². The predicted molar refractivity (Wildman–Crippen MR) is 108 cm³/mol. The second kappa shape index (κ2) is 5.86. The van der Waals surface area contributed by atoms with Crippen LogP contribution in [0.15, 0.2) is 55.5 Å². The molecule has 6 heterocycles. The molecule has 3 N–H and O–H groups in total. The Morgan fingerprint density at radius 3 is 2.79 bits per heavy atom. The number of fused-ring (bicyclic) bond motifs is 2. The lowest BCUT2D eigenvalue weighted by Crippen LogP contribution is -1.91. The van der Waals surface area contributed by atoms with Crippen molar-refractivity contribution < 1.29 is 0 Å². The molecule has 0 saturated heterocycles. The molecule has 9 nitrogen and oxygen atoms in total. The maximum absolute atomic E-state index is 4.49. The van der Waals surface area contributed by atoms with Crippen LogP contribution >= 0.6 is 0 Å². The molecule has 6 rings (SSSR count). The molecule has 140 valence electrons. The van der Waals surface area contributed by atoms with E-state index in [2.05, 4.69) is 52.5 Å². The number of H-pyrrole nitrogens is 3. The standard InChI is InChI=1S/C20H15N9/c1-11-9-29(10-23-11)17-2-3-21-19-14(17)5-16(26-19)18-15-4-12(13-7-24-25-8-13)6-22-20(15)28-27-18/h2-10H,1H3,(H,21,26)(H,24,25)(H,22,27,28). The average Bonchev–Trinajstić information content (AvgIpc) is 3.51. The Bertz CT molecular complexity index is 1470. The number of nitrogens with one attached hydrogen (secondary N) is 3. The summed E-state index contributed by atoms with van der Waals surface area (Å²) < 4.78 is 2.00. The lowest BCUT2D eigenvalue weighted by molar-refractivity contribution is 1.06. The number of pyridine rings is 2. The Morgan fingerprint density at radius 1 is 1.00 bits per heavy atom. The summed E-state index contributed by atoms with van der Waals surface area (Å²) in [5.74, 6) is 0. The minimum atomic E-state index is 0.657. The number of hydrogen-bond donors (Lipinski definition) is 3. The van der Waals surface area contributed by atoms with Gasteiger partial charge in [-0.1, -0.05) is 0 Å². The average molecular weight is 381 g/mol. The van der Waals surface area contributed by atoms with Gasteiger partial charge in [0.1, 0.15) is 5.65 Å². The highest BCUT2D eigenvalue weighted by atomic mass is 15.2. The molecule has 29 heavy (non-hydrogen) atoms. The topological polar surface area (TPSA) is 117 Å². The number of aromatic nitrogens is 9. The van der Waals surface area contributed by atoms with E-state index in [0.29, 0.717) is 5.65 Å². The van der Waals surface area contributed by atoms with Gasteiger partial charge in [0.15, 0.2) is 5.65 Å². The third-order valence-corrected chi connectivity index (χ3v) is 5.01. The zero-order valence-corrected chi connectivity index (χ0v) is 15.4. The molecule has 0 aromatic carbocycles. The number of rotatable bonds is 3. The van der Waals surface area contributed by atoms with Crippen LogP contribution in [0.3, 0.4) is 0 Å². The van der Waals surface area contributed by atoms with Gasteiger partial charge in [-0.05, 0) is 25.1 Å². The van der Waals surface area contributed by atoms with Gasteiger partial charge < -0.3 is 9.55 Å². The Morgan fingerprint density at radius 2 is 1.97 bits per heavy atom. The highest BCUT2D eigenvalue weighted by Gasteiger charge is 2.15. The van der Waals surface area contributed by atoms with Gasteiger partial charge in [0, 0.05) is 46.7 Å². The van der Waals surface area contributed by atoms with E-state index in [-0.39, 0.29) is 0 Å². The molecule has 0 aliphatic carbocycles. The Labute approximate surface area is 163 Å². The summed E-state index contributed by atoms with van der Waals surface area (Å²) in [4.78, 5) is 16.7. The van der Waals surface area contributed by atoms with Gasteiger partial charge in [0.2, 0.25) is 0 Å². The quantitative estimate of drug-likeness (QED) is 0.434. The highest BCUT2D eigenvalue weighted by Crippen LogP contribution is 2.31. The highest BCUT2D eigenvalue weighted by molar-refractivity contribution is 5.97. The Balaban J connectivity index is 1.53. The summed E-state index contributed by atoms with van der Waals surface area (Å²) in [6.07, 6.45) is 11.0. The van der Waals surface area contributed by atoms with E-state index in [9.17, 15) is 0 Å². The molecular formula is C20H15N9. The summed E-state index contributed by atoms with van der Waals surface area (Å²) in [6.45, 7) is 1.97. The first kappa shape index (κ1) is 15.8. The van der Waals surface area contributed by atoms with Gasteiger partial charge >= 0.3 is 0 Å². The summed E-state index contributed by atoms with van der Waals surface area (Å²) in [7, 11) is 0. The number of hydrogen-bond acceptors (Lipinski definition) is 5. The molecule has 0 atom stereocenters. The van der Waals surface area contributed by atoms with Crippen LogP contribution in [-0.4, -0.2) is 44.9 Å². The summed E-state index contributed by atoms with van der Waals surface area (Å²) in [5.41, 5.74) is 7.13. The lowest BCUT2D eigenvalue weighted by Gasteiger charge is -2.02. The lowest BCUT2D eigenvalue weighted by atomic mass is 10.1. The minimum absolute atomic E-state index is 0.657. The second-order valence-electron chi connectivity index (χ2n) is 6.88. The van der Waals surface area contributed by atoms with Crippen molar-refractivity contribution in [3.05, 3.63) is 61.2 Å². The van der Waals surface area contributed by atoms with Gasteiger partial charge in [-0.2, -0.15) is 10.2 Å². The van der Waals surface area contributed by atoms with E-state index in [1.807, 2.05) is 36.3 Å². The van der Waals surface area contributed by atoms with E-state index >= 15 is 0 Å². The van der Waals surface area contributed by atoms with Crippen molar-refractivity contribution in [3.8, 4) is 28.2 Å². The molecule has 0 radical (unpaired) electrons. The maximum Gasteiger partial charge on any atom is 0.181 e. The van der Waals surface area contributed by atoms with Crippen molar-refractivity contribution in [2.45, 2.75) is 6.92 Å². The fraction of sp³-hybridized carbons (Fsp3) is 0.0500. The first-order valence-corrected chi connectivity index (χ1v) is 9.08. The molecule has 0 spiro atoms.